The number of alkyl halides is 3. The van der Waals surface area contributed by atoms with Crippen LogP contribution in [0.5, 0.6) is 0 Å². The van der Waals surface area contributed by atoms with Crippen molar-refractivity contribution in [2.45, 2.75) is 38.1 Å². The van der Waals surface area contributed by atoms with Gasteiger partial charge in [-0.3, -0.25) is 4.90 Å². The number of rotatable bonds is 3. The highest BCUT2D eigenvalue weighted by Crippen LogP contribution is 2.36. The van der Waals surface area contributed by atoms with E-state index in [0.29, 0.717) is 23.8 Å². The lowest BCUT2D eigenvalue weighted by atomic mass is 10.0. The van der Waals surface area contributed by atoms with Gasteiger partial charge in [-0.15, -0.1) is 10.2 Å². The summed E-state index contributed by atoms with van der Waals surface area (Å²) in [4.78, 5) is 4.47. The minimum absolute atomic E-state index is 0.333. The van der Waals surface area contributed by atoms with E-state index < -0.39 is 11.7 Å². The van der Waals surface area contributed by atoms with E-state index in [-0.39, 0.29) is 0 Å². The van der Waals surface area contributed by atoms with Gasteiger partial charge in [0.25, 0.3) is 0 Å². The second-order valence-corrected chi connectivity index (χ2v) is 7.85. The summed E-state index contributed by atoms with van der Waals surface area (Å²) in [6, 6.07) is 5.50. The van der Waals surface area contributed by atoms with Gasteiger partial charge in [-0.2, -0.15) is 13.2 Å². The monoisotopic (exact) mass is 391 g/mol. The van der Waals surface area contributed by atoms with Crippen LogP contribution in [0.1, 0.15) is 29.5 Å². The fourth-order valence-electron chi connectivity index (χ4n) is 4.09. The summed E-state index contributed by atoms with van der Waals surface area (Å²) in [6.45, 7) is 3.54. The molecule has 4 rings (SSSR count). The van der Waals surface area contributed by atoms with Crippen molar-refractivity contribution in [1.29, 1.82) is 0 Å². The number of likely N-dealkylation sites (N-methyl/N-ethyl adjacent to an activating group) is 1. The van der Waals surface area contributed by atoms with Gasteiger partial charge in [0, 0.05) is 42.4 Å². The van der Waals surface area contributed by atoms with Crippen LogP contribution in [0.2, 0.25) is 0 Å². The van der Waals surface area contributed by atoms with Gasteiger partial charge in [-0.1, -0.05) is 12.1 Å². The smallest absolute Gasteiger partial charge is 0.364 e. The van der Waals surface area contributed by atoms with Crippen LogP contribution in [0.25, 0.3) is 11.3 Å². The van der Waals surface area contributed by atoms with Gasteiger partial charge in [-0.25, -0.2) is 0 Å². The number of anilines is 1. The average Bonchev–Trinajstić information content (AvgIpc) is 3.03. The third kappa shape index (κ3) is 3.84. The quantitative estimate of drug-likeness (QED) is 0.866. The van der Waals surface area contributed by atoms with Gasteiger partial charge < -0.3 is 10.2 Å². The number of piperidine rings is 1. The predicted molar refractivity (Wildman–Crippen MR) is 102 cm³/mol. The number of nitrogens with one attached hydrogen (secondary N) is 1. The molecule has 0 amide bonds. The minimum atomic E-state index is -4.34. The van der Waals surface area contributed by atoms with Crippen molar-refractivity contribution in [2.24, 2.45) is 0 Å². The second kappa shape index (κ2) is 7.33. The topological polar surface area (TPSA) is 44.3 Å². The Hall–Kier alpha value is -2.19. The van der Waals surface area contributed by atoms with Gasteiger partial charge in [0.05, 0.1) is 11.3 Å². The van der Waals surface area contributed by atoms with Crippen LogP contribution >= 0.6 is 0 Å². The van der Waals surface area contributed by atoms with Crippen molar-refractivity contribution < 1.29 is 13.2 Å². The van der Waals surface area contributed by atoms with E-state index in [0.717, 1.165) is 61.6 Å². The Bertz CT molecular complexity index is 850. The molecule has 0 spiro atoms. The molecule has 1 aromatic heterocycles. The molecule has 0 aliphatic carbocycles. The summed E-state index contributed by atoms with van der Waals surface area (Å²) in [5.41, 5.74) is 2.82. The van der Waals surface area contributed by atoms with Crippen molar-refractivity contribution in [3.63, 3.8) is 0 Å². The molecule has 1 aromatic carbocycles. The molecule has 1 saturated heterocycles. The van der Waals surface area contributed by atoms with Crippen LogP contribution < -0.4 is 5.32 Å². The number of hydrogen-bond acceptors (Lipinski definition) is 5. The molecule has 1 atom stereocenters. The average molecular weight is 391 g/mol. The summed E-state index contributed by atoms with van der Waals surface area (Å²) in [5.74, 6) is 0.801. The van der Waals surface area contributed by atoms with Gasteiger partial charge in [0.1, 0.15) is 0 Å². The molecule has 5 nitrogen and oxygen atoms in total. The molecule has 150 valence electrons. The third-order valence-electron chi connectivity index (χ3n) is 5.49. The Morgan fingerprint density at radius 3 is 2.39 bits per heavy atom. The summed E-state index contributed by atoms with van der Waals surface area (Å²) >= 11 is 0. The van der Waals surface area contributed by atoms with Crippen molar-refractivity contribution in [3.8, 4) is 11.3 Å². The zero-order valence-electron chi connectivity index (χ0n) is 16.1. The van der Waals surface area contributed by atoms with Crippen LogP contribution in [0, 0.1) is 0 Å². The van der Waals surface area contributed by atoms with Gasteiger partial charge in [-0.05, 0) is 45.6 Å². The summed E-state index contributed by atoms with van der Waals surface area (Å²) in [6.07, 6.45) is -2.10. The second-order valence-electron chi connectivity index (χ2n) is 7.85. The number of likely N-dealkylation sites (tertiary alicyclic amines) is 1. The van der Waals surface area contributed by atoms with Gasteiger partial charge in [0.15, 0.2) is 5.82 Å². The maximum Gasteiger partial charge on any atom is 0.416 e. The molecular formula is C20H24F3N5. The first-order valence-electron chi connectivity index (χ1n) is 9.51. The van der Waals surface area contributed by atoms with E-state index in [1.54, 1.807) is 0 Å². The molecule has 3 heterocycles. The summed E-state index contributed by atoms with van der Waals surface area (Å²) < 4.78 is 38.5. The van der Waals surface area contributed by atoms with E-state index in [2.05, 4.69) is 32.4 Å². The van der Waals surface area contributed by atoms with Crippen LogP contribution in [-0.4, -0.2) is 53.2 Å². The highest BCUT2D eigenvalue weighted by atomic mass is 19.4. The molecule has 28 heavy (non-hydrogen) atoms. The first kappa shape index (κ1) is 19.1. The standard InChI is InChI=1S/C20H24F3N5/c1-27-9-3-4-15(10-27)24-19-17-12-28(2)11-16(17)18(25-26-19)13-5-7-14(8-6-13)20(21,22)23/h5-8,15H,3-4,9-12H2,1-2H3,(H,24,26)/t15-/m1/s1. The van der Waals surface area contributed by atoms with E-state index in [1.807, 2.05) is 7.05 Å². The molecule has 1 N–H and O–H groups in total. The summed E-state index contributed by atoms with van der Waals surface area (Å²) in [5, 5.41) is 12.4. The van der Waals surface area contributed by atoms with E-state index >= 15 is 0 Å². The lowest BCUT2D eigenvalue weighted by Gasteiger charge is -2.30. The number of benzene rings is 1. The van der Waals surface area contributed by atoms with E-state index in [9.17, 15) is 13.2 Å². The fraction of sp³-hybridized carbons (Fsp3) is 0.500. The third-order valence-corrected chi connectivity index (χ3v) is 5.49. The highest BCUT2D eigenvalue weighted by Gasteiger charge is 2.31. The Morgan fingerprint density at radius 1 is 1.00 bits per heavy atom. The maximum absolute atomic E-state index is 12.8. The predicted octanol–water partition coefficient (Wildman–Crippen LogP) is 3.61. The van der Waals surface area contributed by atoms with Crippen molar-refractivity contribution in [2.75, 3.05) is 32.5 Å². The maximum atomic E-state index is 12.8. The zero-order chi connectivity index (χ0) is 19.9. The van der Waals surface area contributed by atoms with Crippen LogP contribution in [0.3, 0.4) is 0 Å². The van der Waals surface area contributed by atoms with Crippen molar-refractivity contribution in [3.05, 3.63) is 41.0 Å². The number of fused-ring (bicyclic) bond motifs is 1. The molecule has 0 bridgehead atoms. The Labute approximate surface area is 162 Å². The molecule has 0 radical (unpaired) electrons. The largest absolute Gasteiger partial charge is 0.416 e. The zero-order valence-corrected chi connectivity index (χ0v) is 16.1. The lowest BCUT2D eigenvalue weighted by molar-refractivity contribution is -0.137. The first-order valence-corrected chi connectivity index (χ1v) is 9.51. The van der Waals surface area contributed by atoms with Crippen molar-refractivity contribution in [1.82, 2.24) is 20.0 Å². The van der Waals surface area contributed by atoms with Gasteiger partial charge >= 0.3 is 6.18 Å². The molecular weight excluding hydrogens is 367 g/mol. The summed E-state index contributed by atoms with van der Waals surface area (Å²) in [7, 11) is 4.14. The van der Waals surface area contributed by atoms with E-state index in [4.69, 9.17) is 0 Å². The molecule has 0 unspecified atom stereocenters. The molecule has 2 aliphatic heterocycles. The molecule has 8 heteroatoms. The van der Waals surface area contributed by atoms with E-state index in [1.165, 1.54) is 12.1 Å². The minimum Gasteiger partial charge on any atom is -0.364 e. The fourth-order valence-corrected chi connectivity index (χ4v) is 4.09. The molecule has 0 saturated carbocycles. The Balaban J connectivity index is 1.64. The lowest BCUT2D eigenvalue weighted by Crippen LogP contribution is -2.40. The highest BCUT2D eigenvalue weighted by molar-refractivity contribution is 5.68. The number of halogens is 3. The Morgan fingerprint density at radius 2 is 1.71 bits per heavy atom. The van der Waals surface area contributed by atoms with Crippen molar-refractivity contribution >= 4 is 5.82 Å². The number of aromatic nitrogens is 2. The Kier molecular flexibility index (Phi) is 5.01. The molecule has 2 aliphatic rings. The molecule has 2 aromatic rings. The van der Waals surface area contributed by atoms with Crippen LogP contribution in [0.4, 0.5) is 19.0 Å². The number of hydrogen-bond donors (Lipinski definition) is 1. The number of nitrogens with zero attached hydrogens (tertiary/aromatic N) is 4. The van der Waals surface area contributed by atoms with Crippen LogP contribution in [-0.2, 0) is 19.3 Å². The van der Waals surface area contributed by atoms with Crippen LogP contribution in [0.15, 0.2) is 24.3 Å². The SMILES string of the molecule is CN1Cc2c(N[C@@H]3CCCN(C)C3)nnc(-c3ccc(C(F)(F)F)cc3)c2C1. The molecule has 1 fully saturated rings. The van der Waals surface area contributed by atoms with Gasteiger partial charge in [0.2, 0.25) is 0 Å². The normalized spacial score (nSPS) is 21.0. The first-order chi connectivity index (χ1) is 13.3.